The van der Waals surface area contributed by atoms with Gasteiger partial charge in [-0.15, -0.1) is 0 Å². The maximum Gasteiger partial charge on any atom is 0.328 e. The first-order chi connectivity index (χ1) is 8.65. The molecule has 1 atom stereocenters. The highest BCUT2D eigenvalue weighted by Gasteiger charge is 2.20. The number of carboxylic acid groups (broad SMARTS) is 1. The first-order valence-electron chi connectivity index (χ1n) is 6.64. The van der Waals surface area contributed by atoms with Gasteiger partial charge in [0.15, 0.2) is 0 Å². The van der Waals surface area contributed by atoms with Crippen LogP contribution in [0, 0.1) is 12.8 Å². The third-order valence-corrected chi connectivity index (χ3v) is 3.70. The number of aryl methyl sites for hydroxylation is 1. The van der Waals surface area contributed by atoms with Gasteiger partial charge in [0.2, 0.25) is 0 Å². The molecule has 1 aliphatic rings. The van der Waals surface area contributed by atoms with Crippen LogP contribution >= 0.6 is 0 Å². The van der Waals surface area contributed by atoms with Crippen molar-refractivity contribution in [1.82, 2.24) is 0 Å². The van der Waals surface area contributed by atoms with E-state index in [2.05, 4.69) is 31.2 Å². The van der Waals surface area contributed by atoms with E-state index in [0.717, 1.165) is 31.3 Å². The molecule has 1 unspecified atom stereocenters. The summed E-state index contributed by atoms with van der Waals surface area (Å²) in [5.74, 6) is -0.390. The lowest BCUT2D eigenvalue weighted by atomic mass is 9.80. The Kier molecular flexibility index (Phi) is 4.19. The molecule has 2 nitrogen and oxygen atoms in total. The second kappa shape index (κ2) is 5.85. The van der Waals surface area contributed by atoms with Crippen molar-refractivity contribution in [2.75, 3.05) is 0 Å². The van der Waals surface area contributed by atoms with E-state index in [1.54, 1.807) is 0 Å². The fraction of sp³-hybridized carbons (Fsp3) is 0.438. The molecule has 1 aromatic carbocycles. The molecule has 0 aliphatic heterocycles. The Morgan fingerprint density at radius 3 is 2.72 bits per heavy atom. The van der Waals surface area contributed by atoms with Crippen LogP contribution in [0.25, 0.3) is 0 Å². The average molecular weight is 244 g/mol. The summed E-state index contributed by atoms with van der Waals surface area (Å²) < 4.78 is 0. The third kappa shape index (κ3) is 3.46. The van der Waals surface area contributed by atoms with Crippen molar-refractivity contribution < 1.29 is 9.90 Å². The zero-order valence-corrected chi connectivity index (χ0v) is 10.9. The minimum Gasteiger partial charge on any atom is -0.478 e. The Morgan fingerprint density at radius 1 is 1.33 bits per heavy atom. The molecule has 18 heavy (non-hydrogen) atoms. The van der Waals surface area contributed by atoms with Crippen molar-refractivity contribution in [2.24, 2.45) is 5.92 Å². The minimum atomic E-state index is -0.805. The number of rotatable bonds is 3. The number of carbonyl (C=O) groups is 1. The van der Waals surface area contributed by atoms with Gasteiger partial charge in [-0.1, -0.05) is 41.8 Å². The SMILES string of the molecule is Cc1ccc(CC2CCCCC2=CC(=O)O)cc1. The second-order valence-electron chi connectivity index (χ2n) is 5.19. The van der Waals surface area contributed by atoms with Gasteiger partial charge in [0, 0.05) is 6.08 Å². The summed E-state index contributed by atoms with van der Waals surface area (Å²) in [6, 6.07) is 8.56. The van der Waals surface area contributed by atoms with Crippen LogP contribution in [0.4, 0.5) is 0 Å². The van der Waals surface area contributed by atoms with Crippen LogP contribution in [0.3, 0.4) is 0 Å². The van der Waals surface area contributed by atoms with Crippen LogP contribution in [0.5, 0.6) is 0 Å². The van der Waals surface area contributed by atoms with Gasteiger partial charge in [-0.25, -0.2) is 4.79 Å². The van der Waals surface area contributed by atoms with Gasteiger partial charge in [0.05, 0.1) is 0 Å². The van der Waals surface area contributed by atoms with Gasteiger partial charge in [-0.05, 0) is 44.1 Å². The van der Waals surface area contributed by atoms with Crippen LogP contribution in [0.1, 0.15) is 36.8 Å². The standard InChI is InChI=1S/C16H20O2/c1-12-6-8-13(9-7-12)10-14-4-2-3-5-15(14)11-16(17)18/h6-9,11,14H,2-5,10H2,1H3,(H,17,18). The van der Waals surface area contributed by atoms with E-state index in [1.165, 1.54) is 23.6 Å². The van der Waals surface area contributed by atoms with Gasteiger partial charge in [0.1, 0.15) is 0 Å². The zero-order valence-electron chi connectivity index (χ0n) is 10.9. The highest BCUT2D eigenvalue weighted by molar-refractivity contribution is 5.80. The highest BCUT2D eigenvalue weighted by Crippen LogP contribution is 2.32. The molecule has 1 aliphatic carbocycles. The second-order valence-corrected chi connectivity index (χ2v) is 5.19. The molecule has 96 valence electrons. The smallest absolute Gasteiger partial charge is 0.328 e. The number of allylic oxidation sites excluding steroid dienone is 1. The minimum absolute atomic E-state index is 0.414. The van der Waals surface area contributed by atoms with Crippen molar-refractivity contribution in [3.8, 4) is 0 Å². The summed E-state index contributed by atoms with van der Waals surface area (Å²) >= 11 is 0. The lowest BCUT2D eigenvalue weighted by Gasteiger charge is -2.25. The molecule has 0 aromatic heterocycles. The molecule has 0 saturated heterocycles. The van der Waals surface area contributed by atoms with Gasteiger partial charge in [-0.3, -0.25) is 0 Å². The Balaban J connectivity index is 2.10. The van der Waals surface area contributed by atoms with E-state index < -0.39 is 5.97 Å². The first kappa shape index (κ1) is 12.9. The zero-order chi connectivity index (χ0) is 13.0. The van der Waals surface area contributed by atoms with Crippen LogP contribution in [-0.2, 0) is 11.2 Å². The van der Waals surface area contributed by atoms with Crippen molar-refractivity contribution in [3.05, 3.63) is 47.0 Å². The normalized spacial score (nSPS) is 22.1. The van der Waals surface area contributed by atoms with E-state index in [0.29, 0.717) is 5.92 Å². The summed E-state index contributed by atoms with van der Waals surface area (Å²) in [5.41, 5.74) is 3.70. The summed E-state index contributed by atoms with van der Waals surface area (Å²) in [5, 5.41) is 8.91. The number of hydrogen-bond acceptors (Lipinski definition) is 1. The molecule has 2 heteroatoms. The van der Waals surface area contributed by atoms with Crippen molar-refractivity contribution in [3.63, 3.8) is 0 Å². The highest BCUT2D eigenvalue weighted by atomic mass is 16.4. The van der Waals surface area contributed by atoms with Crippen LogP contribution < -0.4 is 0 Å². The molecule has 1 N–H and O–H groups in total. The lowest BCUT2D eigenvalue weighted by molar-refractivity contribution is -0.131. The van der Waals surface area contributed by atoms with Crippen molar-refractivity contribution in [2.45, 2.75) is 39.0 Å². The topological polar surface area (TPSA) is 37.3 Å². The molecule has 1 aromatic rings. The monoisotopic (exact) mass is 244 g/mol. The van der Waals surface area contributed by atoms with E-state index >= 15 is 0 Å². The van der Waals surface area contributed by atoms with Gasteiger partial charge < -0.3 is 5.11 Å². The summed E-state index contributed by atoms with van der Waals surface area (Å²) in [6.07, 6.45) is 6.81. The van der Waals surface area contributed by atoms with Crippen molar-refractivity contribution >= 4 is 5.97 Å². The van der Waals surface area contributed by atoms with Gasteiger partial charge >= 0.3 is 5.97 Å². The maximum absolute atomic E-state index is 10.8. The molecule has 0 heterocycles. The quantitative estimate of drug-likeness (QED) is 0.822. The fourth-order valence-electron chi connectivity index (χ4n) is 2.70. The van der Waals surface area contributed by atoms with Crippen molar-refractivity contribution in [1.29, 1.82) is 0 Å². The molecule has 1 saturated carbocycles. The molecule has 0 bridgehead atoms. The number of benzene rings is 1. The first-order valence-corrected chi connectivity index (χ1v) is 6.64. The van der Waals surface area contributed by atoms with E-state index in [1.807, 2.05) is 0 Å². The fourth-order valence-corrected chi connectivity index (χ4v) is 2.70. The summed E-state index contributed by atoms with van der Waals surface area (Å²) in [4.78, 5) is 10.8. The Morgan fingerprint density at radius 2 is 2.06 bits per heavy atom. The molecular weight excluding hydrogens is 224 g/mol. The van der Waals surface area contributed by atoms with Crippen LogP contribution in [-0.4, -0.2) is 11.1 Å². The molecule has 0 spiro atoms. The third-order valence-electron chi connectivity index (χ3n) is 3.70. The molecule has 2 rings (SSSR count). The summed E-state index contributed by atoms with van der Waals surface area (Å²) in [6.45, 7) is 2.08. The Hall–Kier alpha value is -1.57. The van der Waals surface area contributed by atoms with E-state index in [4.69, 9.17) is 5.11 Å². The Labute approximate surface area is 108 Å². The molecule has 1 fully saturated rings. The number of aliphatic carboxylic acids is 1. The van der Waals surface area contributed by atoms with Crippen LogP contribution in [0.2, 0.25) is 0 Å². The average Bonchev–Trinajstić information content (AvgIpc) is 2.34. The number of hydrogen-bond donors (Lipinski definition) is 1. The van der Waals surface area contributed by atoms with Gasteiger partial charge in [0.25, 0.3) is 0 Å². The van der Waals surface area contributed by atoms with Gasteiger partial charge in [-0.2, -0.15) is 0 Å². The largest absolute Gasteiger partial charge is 0.478 e. The molecule has 0 radical (unpaired) electrons. The van der Waals surface area contributed by atoms with E-state index in [9.17, 15) is 4.79 Å². The predicted molar refractivity (Wildman–Crippen MR) is 72.6 cm³/mol. The van der Waals surface area contributed by atoms with E-state index in [-0.39, 0.29) is 0 Å². The molecular formula is C16H20O2. The maximum atomic E-state index is 10.8. The lowest BCUT2D eigenvalue weighted by Crippen LogP contribution is -2.14. The predicted octanol–water partition coefficient (Wildman–Crippen LogP) is 3.74. The van der Waals surface area contributed by atoms with Crippen LogP contribution in [0.15, 0.2) is 35.9 Å². The Bertz CT molecular complexity index is 443. The molecule has 0 amide bonds. The summed E-state index contributed by atoms with van der Waals surface area (Å²) in [7, 11) is 0. The number of carboxylic acids is 1.